The van der Waals surface area contributed by atoms with Gasteiger partial charge in [0.05, 0.1) is 19.0 Å². The van der Waals surface area contributed by atoms with Crippen LogP contribution >= 0.6 is 11.6 Å². The van der Waals surface area contributed by atoms with Crippen LogP contribution in [0.1, 0.15) is 12.8 Å². The van der Waals surface area contributed by atoms with Crippen molar-refractivity contribution in [2.24, 2.45) is 0 Å². The number of carbonyl (C=O) groups is 1. The highest BCUT2D eigenvalue weighted by Crippen LogP contribution is 2.15. The van der Waals surface area contributed by atoms with Crippen molar-refractivity contribution >= 4 is 23.3 Å². The van der Waals surface area contributed by atoms with Gasteiger partial charge in [-0.3, -0.25) is 9.59 Å². The third-order valence-corrected chi connectivity index (χ3v) is 3.20. The van der Waals surface area contributed by atoms with E-state index in [-0.39, 0.29) is 11.6 Å². The highest BCUT2D eigenvalue weighted by Gasteiger charge is 2.11. The fraction of sp³-hybridized carbons (Fsp3) is 0.615. The Labute approximate surface area is 128 Å². The number of halogens is 1. The number of hydrogen-bond donors (Lipinski definition) is 1. The predicted octanol–water partition coefficient (Wildman–Crippen LogP) is 0.823. The molecule has 21 heavy (non-hydrogen) atoms. The van der Waals surface area contributed by atoms with E-state index in [4.69, 9.17) is 11.6 Å². The molecule has 1 aromatic rings. The van der Waals surface area contributed by atoms with Crippen LogP contribution < -0.4 is 10.9 Å². The number of unbranched alkanes of at least 4 members (excludes halogenated alkanes) is 1. The minimum atomic E-state index is -0.551. The SMILES string of the molecule is COC(=O)Cn1ncc(NCCCCN(C)C)c(Cl)c1=O. The van der Waals surface area contributed by atoms with E-state index in [2.05, 4.69) is 20.1 Å². The van der Waals surface area contributed by atoms with E-state index in [0.29, 0.717) is 12.2 Å². The second-order valence-electron chi connectivity index (χ2n) is 4.85. The molecule has 0 amide bonds. The van der Waals surface area contributed by atoms with Gasteiger partial charge in [-0.1, -0.05) is 11.6 Å². The van der Waals surface area contributed by atoms with Gasteiger partial charge in [0.2, 0.25) is 0 Å². The molecule has 1 heterocycles. The summed E-state index contributed by atoms with van der Waals surface area (Å²) in [6.45, 7) is 1.46. The second-order valence-corrected chi connectivity index (χ2v) is 5.23. The van der Waals surface area contributed by atoms with Gasteiger partial charge in [0.25, 0.3) is 5.56 Å². The lowest BCUT2D eigenvalue weighted by atomic mass is 10.3. The Hall–Kier alpha value is -1.60. The number of aromatic nitrogens is 2. The van der Waals surface area contributed by atoms with Gasteiger partial charge in [0.1, 0.15) is 11.6 Å². The lowest BCUT2D eigenvalue weighted by molar-refractivity contribution is -0.141. The number of hydrogen-bond acceptors (Lipinski definition) is 6. The van der Waals surface area contributed by atoms with Gasteiger partial charge >= 0.3 is 5.97 Å². The number of nitrogens with zero attached hydrogens (tertiary/aromatic N) is 3. The number of nitrogens with one attached hydrogen (secondary N) is 1. The summed E-state index contributed by atoms with van der Waals surface area (Å²) in [5.74, 6) is -0.551. The summed E-state index contributed by atoms with van der Waals surface area (Å²) in [7, 11) is 5.29. The smallest absolute Gasteiger partial charge is 0.327 e. The molecule has 1 N–H and O–H groups in total. The molecule has 8 heteroatoms. The van der Waals surface area contributed by atoms with E-state index in [9.17, 15) is 9.59 Å². The number of esters is 1. The van der Waals surface area contributed by atoms with Gasteiger partial charge < -0.3 is 15.0 Å². The Morgan fingerprint density at radius 2 is 2.19 bits per heavy atom. The molecule has 0 atom stereocenters. The second kappa shape index (κ2) is 8.63. The molecule has 7 nitrogen and oxygen atoms in total. The van der Waals surface area contributed by atoms with Crippen LogP contribution in [0.2, 0.25) is 5.02 Å². The topological polar surface area (TPSA) is 76.5 Å². The predicted molar refractivity (Wildman–Crippen MR) is 81.8 cm³/mol. The van der Waals surface area contributed by atoms with Gasteiger partial charge in [0.15, 0.2) is 0 Å². The largest absolute Gasteiger partial charge is 0.468 e. The third-order valence-electron chi connectivity index (χ3n) is 2.84. The first-order chi connectivity index (χ1) is 9.95. The summed E-state index contributed by atoms with van der Waals surface area (Å²) < 4.78 is 5.47. The molecule has 0 unspecified atom stereocenters. The van der Waals surface area contributed by atoms with Crippen LogP contribution in [0.4, 0.5) is 5.69 Å². The fourth-order valence-corrected chi connectivity index (χ4v) is 1.88. The Morgan fingerprint density at radius 1 is 1.48 bits per heavy atom. The highest BCUT2D eigenvalue weighted by molar-refractivity contribution is 6.32. The van der Waals surface area contributed by atoms with Crippen molar-refractivity contribution in [3.8, 4) is 0 Å². The van der Waals surface area contributed by atoms with Crippen molar-refractivity contribution in [2.75, 3.05) is 39.6 Å². The van der Waals surface area contributed by atoms with Crippen molar-refractivity contribution in [1.82, 2.24) is 14.7 Å². The molecule has 0 aliphatic rings. The summed E-state index contributed by atoms with van der Waals surface area (Å²) in [6, 6.07) is 0. The summed E-state index contributed by atoms with van der Waals surface area (Å²) in [6.07, 6.45) is 3.45. The Bertz CT molecular complexity index is 531. The van der Waals surface area contributed by atoms with E-state index >= 15 is 0 Å². The van der Waals surface area contributed by atoms with Gasteiger partial charge in [-0.15, -0.1) is 0 Å². The molecule has 0 aliphatic carbocycles. The summed E-state index contributed by atoms with van der Waals surface area (Å²) in [5.41, 5.74) is -0.0343. The number of ether oxygens (including phenoxy) is 1. The molecule has 0 spiro atoms. The third kappa shape index (κ3) is 5.73. The number of anilines is 1. The molecular weight excluding hydrogens is 296 g/mol. The molecule has 1 aromatic heterocycles. The first-order valence-electron chi connectivity index (χ1n) is 6.66. The van der Waals surface area contributed by atoms with Crippen molar-refractivity contribution < 1.29 is 9.53 Å². The van der Waals surface area contributed by atoms with E-state index < -0.39 is 11.5 Å². The molecule has 118 valence electrons. The average molecular weight is 317 g/mol. The van der Waals surface area contributed by atoms with Crippen LogP contribution in [0.5, 0.6) is 0 Å². The van der Waals surface area contributed by atoms with Crippen LogP contribution in [-0.4, -0.2) is 54.9 Å². The average Bonchev–Trinajstić information content (AvgIpc) is 2.45. The van der Waals surface area contributed by atoms with Crippen molar-refractivity contribution in [3.63, 3.8) is 0 Å². The molecular formula is C13H21ClN4O3. The lowest BCUT2D eigenvalue weighted by Gasteiger charge is -2.11. The minimum absolute atomic E-state index is 0.0292. The molecule has 1 rings (SSSR count). The van der Waals surface area contributed by atoms with Gasteiger partial charge in [-0.25, -0.2) is 4.68 Å². The number of rotatable bonds is 8. The zero-order valence-electron chi connectivity index (χ0n) is 12.6. The summed E-state index contributed by atoms with van der Waals surface area (Å²) in [4.78, 5) is 25.2. The zero-order valence-corrected chi connectivity index (χ0v) is 13.3. The van der Waals surface area contributed by atoms with Crippen LogP contribution in [0.3, 0.4) is 0 Å². The van der Waals surface area contributed by atoms with Crippen LogP contribution in [0.15, 0.2) is 11.0 Å². The quantitative estimate of drug-likeness (QED) is 0.565. The minimum Gasteiger partial charge on any atom is -0.468 e. The van der Waals surface area contributed by atoms with E-state index in [1.165, 1.54) is 13.3 Å². The monoisotopic (exact) mass is 316 g/mol. The van der Waals surface area contributed by atoms with Crippen LogP contribution in [0.25, 0.3) is 0 Å². The van der Waals surface area contributed by atoms with Gasteiger partial charge in [-0.2, -0.15) is 5.10 Å². The molecule has 0 saturated carbocycles. The molecule has 0 saturated heterocycles. The lowest BCUT2D eigenvalue weighted by Crippen LogP contribution is -2.28. The molecule has 0 aromatic carbocycles. The van der Waals surface area contributed by atoms with Crippen LogP contribution in [0, 0.1) is 0 Å². The summed E-state index contributed by atoms with van der Waals surface area (Å²) in [5, 5.41) is 7.01. The first kappa shape index (κ1) is 17.5. The standard InChI is InChI=1S/C13H21ClN4O3/c1-17(2)7-5-4-6-15-10-8-16-18(9-11(19)21-3)13(20)12(10)14/h8,15H,4-7,9H2,1-3H3. The fourth-order valence-electron chi connectivity index (χ4n) is 1.66. The molecule has 0 fully saturated rings. The Kier molecular flexibility index (Phi) is 7.18. The molecule has 0 bridgehead atoms. The molecule has 0 aliphatic heterocycles. The van der Waals surface area contributed by atoms with Gasteiger partial charge in [0, 0.05) is 6.54 Å². The van der Waals surface area contributed by atoms with E-state index in [1.54, 1.807) is 0 Å². The molecule has 0 radical (unpaired) electrons. The van der Waals surface area contributed by atoms with Crippen molar-refractivity contribution in [2.45, 2.75) is 19.4 Å². The number of carbonyl (C=O) groups excluding carboxylic acids is 1. The van der Waals surface area contributed by atoms with Crippen molar-refractivity contribution in [3.05, 3.63) is 21.6 Å². The van der Waals surface area contributed by atoms with E-state index in [0.717, 1.165) is 24.1 Å². The van der Waals surface area contributed by atoms with Gasteiger partial charge in [-0.05, 0) is 33.5 Å². The van der Waals surface area contributed by atoms with Crippen LogP contribution in [-0.2, 0) is 16.1 Å². The maximum absolute atomic E-state index is 11.9. The summed E-state index contributed by atoms with van der Waals surface area (Å²) >= 11 is 5.99. The maximum Gasteiger partial charge on any atom is 0.327 e. The first-order valence-corrected chi connectivity index (χ1v) is 7.04. The van der Waals surface area contributed by atoms with E-state index in [1.807, 2.05) is 14.1 Å². The maximum atomic E-state index is 11.9. The normalized spacial score (nSPS) is 10.7. The Morgan fingerprint density at radius 3 is 2.81 bits per heavy atom. The highest BCUT2D eigenvalue weighted by atomic mass is 35.5. The van der Waals surface area contributed by atoms with Crippen molar-refractivity contribution in [1.29, 1.82) is 0 Å². The Balaban J connectivity index is 2.59. The zero-order chi connectivity index (χ0) is 15.8. The number of methoxy groups -OCH3 is 1.